The van der Waals surface area contributed by atoms with Gasteiger partial charge >= 0.3 is 12.1 Å². The van der Waals surface area contributed by atoms with E-state index in [1.165, 1.54) is 6.08 Å². The Morgan fingerprint density at radius 2 is 1.37 bits per heavy atom. The summed E-state index contributed by atoms with van der Waals surface area (Å²) in [5.41, 5.74) is 0.125. The van der Waals surface area contributed by atoms with E-state index in [0.717, 1.165) is 5.56 Å². The fraction of sp³-hybridized carbons (Fsp3) is 0.486. The molecule has 268 valence electrons. The van der Waals surface area contributed by atoms with Gasteiger partial charge in [-0.05, 0) is 70.7 Å². The number of hydrogen-bond acceptors (Lipinski definition) is 8. The molecule has 4 N–H and O–H groups in total. The first-order valence-electron chi connectivity index (χ1n) is 16.3. The van der Waals surface area contributed by atoms with Crippen LogP contribution >= 0.6 is 0 Å². The predicted octanol–water partition coefficient (Wildman–Crippen LogP) is 4.36. The summed E-state index contributed by atoms with van der Waals surface area (Å²) in [6.07, 6.45) is 0.0663. The molecule has 0 saturated heterocycles. The smallest absolute Gasteiger partial charge is 0.408 e. The van der Waals surface area contributed by atoms with Crippen LogP contribution < -0.4 is 26.0 Å². The zero-order valence-electron chi connectivity index (χ0n) is 29.9. The van der Waals surface area contributed by atoms with Crippen molar-refractivity contribution in [2.75, 3.05) is 6.54 Å². The molecule has 12 heteroatoms. The maximum atomic E-state index is 13.8. The number of carbonyl (C=O) groups excluding carboxylic acids is 5. The van der Waals surface area contributed by atoms with Crippen LogP contribution in [0.25, 0.3) is 0 Å². The van der Waals surface area contributed by atoms with Crippen LogP contribution in [0.2, 0.25) is 0 Å². The summed E-state index contributed by atoms with van der Waals surface area (Å²) in [6.45, 7) is 18.1. The van der Waals surface area contributed by atoms with E-state index in [4.69, 9.17) is 14.2 Å². The number of hydrogen-bond donors (Lipinski definition) is 4. The van der Waals surface area contributed by atoms with E-state index in [2.05, 4.69) is 27.8 Å². The molecule has 2 rings (SSSR count). The summed E-state index contributed by atoms with van der Waals surface area (Å²) in [5, 5.41) is 10.6. The number of benzene rings is 2. The molecule has 2 aromatic rings. The maximum absolute atomic E-state index is 13.8. The van der Waals surface area contributed by atoms with Gasteiger partial charge in [-0.15, -0.1) is 6.58 Å². The van der Waals surface area contributed by atoms with Crippen LogP contribution in [0.3, 0.4) is 0 Å². The van der Waals surface area contributed by atoms with E-state index in [1.807, 2.05) is 26.8 Å². The monoisotopic (exact) mass is 680 g/mol. The molecule has 0 unspecified atom stereocenters. The highest BCUT2D eigenvalue weighted by Gasteiger charge is 2.33. The minimum Gasteiger partial charge on any atom is -0.488 e. The zero-order chi connectivity index (χ0) is 36.8. The fourth-order valence-electron chi connectivity index (χ4n) is 4.50. The lowest BCUT2D eigenvalue weighted by Crippen LogP contribution is -2.58. The molecule has 0 saturated carbocycles. The summed E-state index contributed by atoms with van der Waals surface area (Å²) in [7, 11) is 0. The molecule has 0 aliphatic carbocycles. The normalized spacial score (nSPS) is 13.2. The summed E-state index contributed by atoms with van der Waals surface area (Å²) >= 11 is 0. The third kappa shape index (κ3) is 15.7. The molecular formula is C37H52N4O8. The molecule has 0 bridgehead atoms. The van der Waals surface area contributed by atoms with Gasteiger partial charge in [-0.2, -0.15) is 0 Å². The minimum absolute atomic E-state index is 0.0179. The molecule has 3 atom stereocenters. The average molecular weight is 681 g/mol. The molecule has 0 aliphatic heterocycles. The Bertz CT molecular complexity index is 1410. The molecular weight excluding hydrogens is 628 g/mol. The van der Waals surface area contributed by atoms with E-state index < -0.39 is 65.5 Å². The van der Waals surface area contributed by atoms with E-state index in [-0.39, 0.29) is 25.5 Å². The molecule has 12 nitrogen and oxygen atoms in total. The second-order valence-corrected chi connectivity index (χ2v) is 13.9. The van der Waals surface area contributed by atoms with Gasteiger partial charge in [-0.1, -0.05) is 62.4 Å². The maximum Gasteiger partial charge on any atom is 0.408 e. The number of carbonyl (C=O) groups is 5. The molecule has 0 aromatic heterocycles. The van der Waals surface area contributed by atoms with Crippen molar-refractivity contribution < 1.29 is 38.2 Å². The fourth-order valence-corrected chi connectivity index (χ4v) is 4.50. The number of amides is 4. The SMILES string of the molecule is C=CCNC(=O)[C@@H](NC(=O)[C@H](Cc1ccc(OC(C)(C)C)cc1)NC(=O)[C@H](CC(=O)OC(C)(C)C)NC(=O)OCc1ccccc1)C(C)C. The van der Waals surface area contributed by atoms with E-state index in [9.17, 15) is 24.0 Å². The molecule has 49 heavy (non-hydrogen) atoms. The largest absolute Gasteiger partial charge is 0.488 e. The Labute approximate surface area is 289 Å². The van der Waals surface area contributed by atoms with Gasteiger partial charge in [-0.3, -0.25) is 19.2 Å². The van der Waals surface area contributed by atoms with Crippen LogP contribution in [0, 0.1) is 5.92 Å². The van der Waals surface area contributed by atoms with Gasteiger partial charge in [0, 0.05) is 13.0 Å². The number of alkyl carbamates (subject to hydrolysis) is 1. The number of ether oxygens (including phenoxy) is 3. The molecule has 2 aromatic carbocycles. The topological polar surface area (TPSA) is 161 Å². The van der Waals surface area contributed by atoms with Crippen molar-refractivity contribution in [2.45, 2.75) is 104 Å². The van der Waals surface area contributed by atoms with Gasteiger partial charge in [0.1, 0.15) is 41.7 Å². The third-order valence-electron chi connectivity index (χ3n) is 6.70. The first kappa shape index (κ1) is 40.3. The lowest BCUT2D eigenvalue weighted by atomic mass is 10.0. The highest BCUT2D eigenvalue weighted by Crippen LogP contribution is 2.19. The van der Waals surface area contributed by atoms with Crippen molar-refractivity contribution in [2.24, 2.45) is 5.92 Å². The van der Waals surface area contributed by atoms with E-state index in [1.54, 1.807) is 83.1 Å². The molecule has 0 aliphatic rings. The Balaban J connectivity index is 2.36. The average Bonchev–Trinajstić information content (AvgIpc) is 3.00. The quantitative estimate of drug-likeness (QED) is 0.150. The molecule has 0 radical (unpaired) electrons. The van der Waals surface area contributed by atoms with E-state index >= 15 is 0 Å². The molecule has 0 spiro atoms. The Morgan fingerprint density at radius 1 is 0.755 bits per heavy atom. The second kappa shape index (κ2) is 18.6. The van der Waals surface area contributed by atoms with Crippen LogP contribution in [0.4, 0.5) is 4.79 Å². The van der Waals surface area contributed by atoms with Crippen LogP contribution in [0.5, 0.6) is 5.75 Å². The van der Waals surface area contributed by atoms with Crippen molar-refractivity contribution in [3.8, 4) is 5.75 Å². The van der Waals surface area contributed by atoms with Gasteiger partial charge in [-0.25, -0.2) is 4.79 Å². The summed E-state index contributed by atoms with van der Waals surface area (Å²) in [5.74, 6) is -2.30. The van der Waals surface area contributed by atoms with E-state index in [0.29, 0.717) is 11.3 Å². The van der Waals surface area contributed by atoms with Crippen molar-refractivity contribution in [1.29, 1.82) is 0 Å². The first-order chi connectivity index (χ1) is 22.9. The van der Waals surface area contributed by atoms with Crippen molar-refractivity contribution >= 4 is 29.8 Å². The van der Waals surface area contributed by atoms with Gasteiger partial charge in [0.05, 0.1) is 6.42 Å². The lowest BCUT2D eigenvalue weighted by Gasteiger charge is -2.27. The second-order valence-electron chi connectivity index (χ2n) is 13.9. The molecule has 0 fully saturated rings. The van der Waals surface area contributed by atoms with Gasteiger partial charge in [0.25, 0.3) is 0 Å². The van der Waals surface area contributed by atoms with Crippen LogP contribution in [-0.2, 0) is 41.7 Å². The Morgan fingerprint density at radius 3 is 1.92 bits per heavy atom. The predicted molar refractivity (Wildman–Crippen MR) is 186 cm³/mol. The zero-order valence-corrected chi connectivity index (χ0v) is 29.9. The number of rotatable bonds is 16. The highest BCUT2D eigenvalue weighted by atomic mass is 16.6. The van der Waals surface area contributed by atoms with Gasteiger partial charge in [0.15, 0.2) is 0 Å². The van der Waals surface area contributed by atoms with Crippen LogP contribution in [-0.4, -0.2) is 65.7 Å². The lowest BCUT2D eigenvalue weighted by molar-refractivity contribution is -0.156. The number of esters is 1. The Hall–Kier alpha value is -4.87. The van der Waals surface area contributed by atoms with Gasteiger partial charge in [0.2, 0.25) is 17.7 Å². The van der Waals surface area contributed by atoms with Crippen molar-refractivity contribution in [3.63, 3.8) is 0 Å². The van der Waals surface area contributed by atoms with Crippen LogP contribution in [0.1, 0.15) is 72.9 Å². The first-order valence-corrected chi connectivity index (χ1v) is 16.3. The standard InChI is InChI=1S/C37H52N4O8/c1-10-20-38-34(45)31(24(2)3)41-33(44)28(21-25-16-18-27(19-17-25)48-36(4,5)6)39-32(43)29(22-30(42)49-37(7,8)9)40-35(46)47-23-26-14-12-11-13-15-26/h10-19,24,28-29,31H,1,20-23H2,2-9H3,(H,38,45)(H,39,43)(H,40,46)(H,41,44)/t28-,29-,31-/m0/s1. The van der Waals surface area contributed by atoms with Crippen LogP contribution in [0.15, 0.2) is 67.3 Å². The summed E-state index contributed by atoms with van der Waals surface area (Å²) < 4.78 is 16.6. The molecule has 0 heterocycles. The summed E-state index contributed by atoms with van der Waals surface area (Å²) in [6, 6.07) is 12.4. The van der Waals surface area contributed by atoms with Crippen molar-refractivity contribution in [1.82, 2.24) is 21.3 Å². The third-order valence-corrected chi connectivity index (χ3v) is 6.70. The molecule has 4 amide bonds. The summed E-state index contributed by atoms with van der Waals surface area (Å²) in [4.78, 5) is 66.1. The Kier molecular flexibility index (Phi) is 15.3. The minimum atomic E-state index is -1.45. The van der Waals surface area contributed by atoms with Crippen molar-refractivity contribution in [3.05, 3.63) is 78.4 Å². The number of nitrogens with one attached hydrogen (secondary N) is 4. The highest BCUT2D eigenvalue weighted by molar-refractivity contribution is 5.95. The van der Waals surface area contributed by atoms with Gasteiger partial charge < -0.3 is 35.5 Å².